The first-order valence-corrected chi connectivity index (χ1v) is 11.7. The molecule has 3 aromatic rings. The smallest absolute Gasteiger partial charge is 0.407 e. The molecule has 9 nitrogen and oxygen atoms in total. The molecule has 3 N–H and O–H groups in total. The largest absolute Gasteiger partial charge is 0.480 e. The van der Waals surface area contributed by atoms with Crippen LogP contribution in [0.4, 0.5) is 4.79 Å². The van der Waals surface area contributed by atoms with Gasteiger partial charge in [0.15, 0.2) is 0 Å². The second-order valence-electron chi connectivity index (χ2n) is 8.88. The Bertz CT molecular complexity index is 1220. The van der Waals surface area contributed by atoms with Gasteiger partial charge in [-0.2, -0.15) is 0 Å². The number of hydrogen-bond acceptors (Lipinski definition) is 5. The number of ether oxygens (including phenoxy) is 1. The minimum absolute atomic E-state index is 0.00635. The van der Waals surface area contributed by atoms with Gasteiger partial charge in [-0.05, 0) is 41.0 Å². The lowest BCUT2D eigenvalue weighted by atomic mass is 9.98. The highest BCUT2D eigenvalue weighted by Crippen LogP contribution is 2.44. The Morgan fingerprint density at radius 2 is 1.71 bits per heavy atom. The number of rotatable bonds is 9. The fraction of sp³-hybridized carbons (Fsp3) is 0.308. The van der Waals surface area contributed by atoms with Gasteiger partial charge in [-0.1, -0.05) is 48.5 Å². The summed E-state index contributed by atoms with van der Waals surface area (Å²) in [5.74, 6) is -1.58. The maximum Gasteiger partial charge on any atom is 0.407 e. The summed E-state index contributed by atoms with van der Waals surface area (Å²) in [4.78, 5) is 40.0. The van der Waals surface area contributed by atoms with Gasteiger partial charge in [0.25, 0.3) is 5.91 Å². The van der Waals surface area contributed by atoms with Crippen molar-refractivity contribution in [2.45, 2.75) is 31.3 Å². The minimum Gasteiger partial charge on any atom is -0.480 e. The molecule has 2 aliphatic rings. The fourth-order valence-corrected chi connectivity index (χ4v) is 4.56. The van der Waals surface area contributed by atoms with Gasteiger partial charge in [0.2, 0.25) is 0 Å². The molecule has 9 heteroatoms. The Morgan fingerprint density at radius 3 is 2.34 bits per heavy atom. The summed E-state index contributed by atoms with van der Waals surface area (Å²) in [5.41, 5.74) is 4.78. The summed E-state index contributed by atoms with van der Waals surface area (Å²) in [5, 5.41) is 14.5. The van der Waals surface area contributed by atoms with Gasteiger partial charge in [0.05, 0.1) is 6.33 Å². The van der Waals surface area contributed by atoms with Crippen LogP contribution >= 0.6 is 0 Å². The number of carboxylic acid groups (broad SMARTS) is 1. The molecule has 1 fully saturated rings. The first kappa shape index (κ1) is 22.6. The van der Waals surface area contributed by atoms with Crippen LogP contribution in [0.25, 0.3) is 11.1 Å². The minimum atomic E-state index is -1.03. The van der Waals surface area contributed by atoms with Crippen LogP contribution in [0.1, 0.15) is 40.4 Å². The standard InChI is InChI=1S/C26H26N4O5/c31-24(29-23(25(32)33)16-9-10-16)22-13-30(15-28-22)12-11-27-26(34)35-14-21-19-7-3-1-5-17(19)18-6-2-4-8-20(18)21/h1-8,13,15-16,21,23H,9-12,14H2,(H,27,34)(H,29,31)(H,32,33). The zero-order valence-electron chi connectivity index (χ0n) is 19.0. The highest BCUT2D eigenvalue weighted by Gasteiger charge is 2.37. The summed E-state index contributed by atoms with van der Waals surface area (Å²) in [6.07, 6.45) is 4.08. The maximum absolute atomic E-state index is 12.3. The second kappa shape index (κ2) is 9.61. The molecule has 2 aromatic carbocycles. The average Bonchev–Trinajstić information content (AvgIpc) is 3.50. The van der Waals surface area contributed by atoms with E-state index in [0.717, 1.165) is 24.0 Å². The highest BCUT2D eigenvalue weighted by atomic mass is 16.5. The number of amides is 2. The molecular weight excluding hydrogens is 448 g/mol. The van der Waals surface area contributed by atoms with Crippen molar-refractivity contribution in [2.24, 2.45) is 5.92 Å². The van der Waals surface area contributed by atoms with Crippen LogP contribution < -0.4 is 10.6 Å². The summed E-state index contributed by atoms with van der Waals surface area (Å²) < 4.78 is 7.18. The van der Waals surface area contributed by atoms with Crippen molar-refractivity contribution in [3.05, 3.63) is 77.9 Å². The van der Waals surface area contributed by atoms with E-state index in [9.17, 15) is 19.5 Å². The van der Waals surface area contributed by atoms with Crippen molar-refractivity contribution in [1.82, 2.24) is 20.2 Å². The third-order valence-corrected chi connectivity index (χ3v) is 6.49. The molecule has 1 atom stereocenters. The highest BCUT2D eigenvalue weighted by molar-refractivity contribution is 5.95. The third kappa shape index (κ3) is 4.89. The summed E-state index contributed by atoms with van der Waals surface area (Å²) in [6, 6.07) is 15.4. The van der Waals surface area contributed by atoms with E-state index in [4.69, 9.17) is 4.74 Å². The van der Waals surface area contributed by atoms with Crippen LogP contribution in [-0.4, -0.2) is 51.8 Å². The Kier molecular flexibility index (Phi) is 6.22. The maximum atomic E-state index is 12.3. The van der Waals surface area contributed by atoms with E-state index in [0.29, 0.717) is 6.54 Å². The summed E-state index contributed by atoms with van der Waals surface area (Å²) >= 11 is 0. The number of imidazole rings is 1. The first-order chi connectivity index (χ1) is 17.0. The summed E-state index contributed by atoms with van der Waals surface area (Å²) in [6.45, 7) is 0.907. The number of carbonyl (C=O) groups excluding carboxylic acids is 2. The quantitative estimate of drug-likeness (QED) is 0.438. The van der Waals surface area contributed by atoms with Crippen LogP contribution in [0.2, 0.25) is 0 Å². The second-order valence-corrected chi connectivity index (χ2v) is 8.88. The van der Waals surface area contributed by atoms with E-state index in [1.807, 2.05) is 24.3 Å². The molecule has 0 radical (unpaired) electrons. The van der Waals surface area contributed by atoms with Crippen molar-refractivity contribution in [2.75, 3.05) is 13.2 Å². The lowest BCUT2D eigenvalue weighted by molar-refractivity contribution is -0.139. The summed E-state index contributed by atoms with van der Waals surface area (Å²) in [7, 11) is 0. The van der Waals surface area contributed by atoms with Gasteiger partial charge in [-0.3, -0.25) is 4.79 Å². The van der Waals surface area contributed by atoms with E-state index in [1.54, 1.807) is 4.57 Å². The van der Waals surface area contributed by atoms with E-state index in [1.165, 1.54) is 23.7 Å². The molecular formula is C26H26N4O5. The average molecular weight is 475 g/mol. The van der Waals surface area contributed by atoms with Crippen molar-refractivity contribution >= 4 is 18.0 Å². The van der Waals surface area contributed by atoms with Crippen LogP contribution in [0.15, 0.2) is 61.1 Å². The number of hydrogen-bond donors (Lipinski definition) is 3. The van der Waals surface area contributed by atoms with Gasteiger partial charge in [0.1, 0.15) is 18.3 Å². The van der Waals surface area contributed by atoms with Gasteiger partial charge in [0, 0.05) is 25.2 Å². The fourth-order valence-electron chi connectivity index (χ4n) is 4.56. The van der Waals surface area contributed by atoms with Gasteiger partial charge in [-0.25, -0.2) is 14.6 Å². The van der Waals surface area contributed by atoms with Crippen LogP contribution in [0.5, 0.6) is 0 Å². The molecule has 5 rings (SSSR count). The van der Waals surface area contributed by atoms with Gasteiger partial charge < -0.3 is 25.0 Å². The zero-order chi connectivity index (χ0) is 24.4. The van der Waals surface area contributed by atoms with Gasteiger partial charge in [-0.15, -0.1) is 0 Å². The molecule has 0 aliphatic heterocycles. The van der Waals surface area contributed by atoms with Crippen molar-refractivity contribution in [1.29, 1.82) is 0 Å². The first-order valence-electron chi connectivity index (χ1n) is 11.7. The number of fused-ring (bicyclic) bond motifs is 3. The topological polar surface area (TPSA) is 123 Å². The molecule has 2 amide bonds. The monoisotopic (exact) mass is 474 g/mol. The Labute approximate surface area is 202 Å². The molecule has 35 heavy (non-hydrogen) atoms. The zero-order valence-corrected chi connectivity index (χ0v) is 19.0. The van der Waals surface area contributed by atoms with Crippen molar-refractivity contribution in [3.63, 3.8) is 0 Å². The lowest BCUT2D eigenvalue weighted by Gasteiger charge is -2.14. The predicted octanol–water partition coefficient (Wildman–Crippen LogP) is 3.01. The van der Waals surface area contributed by atoms with Crippen molar-refractivity contribution < 1.29 is 24.2 Å². The predicted molar refractivity (Wildman–Crippen MR) is 127 cm³/mol. The van der Waals surface area contributed by atoms with Gasteiger partial charge >= 0.3 is 12.1 Å². The number of aromatic nitrogens is 2. The number of carboxylic acids is 1. The Balaban J connectivity index is 1.10. The number of nitrogens with zero attached hydrogens (tertiary/aromatic N) is 2. The number of carbonyl (C=O) groups is 3. The van der Waals surface area contributed by atoms with E-state index >= 15 is 0 Å². The molecule has 1 unspecified atom stereocenters. The molecule has 180 valence electrons. The molecule has 0 spiro atoms. The molecule has 1 heterocycles. The number of nitrogens with one attached hydrogen (secondary N) is 2. The number of benzene rings is 2. The molecule has 1 saturated carbocycles. The van der Waals surface area contributed by atoms with E-state index < -0.39 is 24.0 Å². The van der Waals surface area contributed by atoms with Crippen LogP contribution in [0, 0.1) is 5.92 Å². The molecule has 0 bridgehead atoms. The number of aliphatic carboxylic acids is 1. The Morgan fingerprint density at radius 1 is 1.06 bits per heavy atom. The third-order valence-electron chi connectivity index (χ3n) is 6.49. The van der Waals surface area contributed by atoms with Crippen LogP contribution in [-0.2, 0) is 16.1 Å². The van der Waals surface area contributed by atoms with E-state index in [-0.39, 0.29) is 30.7 Å². The normalized spacial score (nSPS) is 15.1. The van der Waals surface area contributed by atoms with Crippen LogP contribution in [0.3, 0.4) is 0 Å². The Hall–Kier alpha value is -4.14. The molecule has 1 aromatic heterocycles. The van der Waals surface area contributed by atoms with E-state index in [2.05, 4.69) is 39.9 Å². The molecule has 2 aliphatic carbocycles. The lowest BCUT2D eigenvalue weighted by Crippen LogP contribution is -2.42. The molecule has 0 saturated heterocycles. The van der Waals surface area contributed by atoms with Crippen molar-refractivity contribution in [3.8, 4) is 11.1 Å². The number of alkyl carbamates (subject to hydrolysis) is 1. The SMILES string of the molecule is O=C(NCCn1cnc(C(=O)NC(C(=O)O)C2CC2)c1)OCC1c2ccccc2-c2ccccc21.